The predicted molar refractivity (Wildman–Crippen MR) is 134 cm³/mol. The van der Waals surface area contributed by atoms with Crippen LogP contribution in [0, 0.1) is 17.2 Å². The van der Waals surface area contributed by atoms with Gasteiger partial charge in [-0.2, -0.15) is 5.26 Å². The molecule has 0 unspecified atom stereocenters. The maximum Gasteiger partial charge on any atom is 0.225 e. The van der Waals surface area contributed by atoms with Crippen molar-refractivity contribution < 1.29 is 9.53 Å². The molecule has 7 heteroatoms. The fraction of sp³-hybridized carbons (Fsp3) is 0.500. The summed E-state index contributed by atoms with van der Waals surface area (Å²) in [7, 11) is 0. The lowest BCUT2D eigenvalue weighted by Gasteiger charge is -2.43. The van der Waals surface area contributed by atoms with Crippen LogP contribution in [0.15, 0.2) is 31.1 Å². The first-order chi connectivity index (χ1) is 17.2. The number of carbonyl (C=O) groups is 1. The van der Waals surface area contributed by atoms with E-state index in [1.54, 1.807) is 6.20 Å². The highest BCUT2D eigenvalue weighted by Crippen LogP contribution is 2.46. The number of nitriles is 1. The third kappa shape index (κ3) is 4.32. The molecule has 0 bridgehead atoms. The van der Waals surface area contributed by atoms with Crippen LogP contribution in [0.4, 0.5) is 5.82 Å². The first kappa shape index (κ1) is 22.2. The number of piperazine rings is 1. The fourth-order valence-electron chi connectivity index (χ4n) is 5.49. The summed E-state index contributed by atoms with van der Waals surface area (Å²) in [6, 6.07) is 6.60. The molecular weight excluding hydrogens is 438 g/mol. The molecule has 35 heavy (non-hydrogen) atoms. The molecule has 6 rings (SSSR count). The van der Waals surface area contributed by atoms with Gasteiger partial charge in [-0.25, -0.2) is 4.98 Å². The van der Waals surface area contributed by atoms with E-state index in [1.165, 1.54) is 12.8 Å². The van der Waals surface area contributed by atoms with Crippen LogP contribution in [-0.2, 0) is 9.53 Å². The molecule has 4 fully saturated rings. The van der Waals surface area contributed by atoms with Crippen LogP contribution in [0.1, 0.15) is 61.3 Å². The maximum atomic E-state index is 13.1. The second-order valence-corrected chi connectivity index (χ2v) is 10.3. The molecule has 4 aliphatic rings. The Hall–Kier alpha value is -3.24. The number of ether oxygens (including phenoxy) is 1. The zero-order valence-electron chi connectivity index (χ0n) is 20.0. The summed E-state index contributed by atoms with van der Waals surface area (Å²) in [6.45, 7) is 6.82. The average molecular weight is 470 g/mol. The minimum atomic E-state index is 0.0922. The van der Waals surface area contributed by atoms with Gasteiger partial charge in [0, 0.05) is 55.7 Å². The standard InChI is InChI=1S/C28H31N5O2/c1-2-18-16-30-9-7-23(18)24-13-21(15-29)28(31-27(24)20-5-6-20)32-10-11-33(25(17-32)19-3-4-19)26(34)14-22-8-12-35-22/h2,7,9,13,16,19-20,22,25H,1,3-6,8,10-12,14,17H2/t22-,25+/m1/s1. The number of amides is 1. The van der Waals surface area contributed by atoms with Crippen molar-refractivity contribution in [3.8, 4) is 17.2 Å². The molecule has 1 amide bonds. The van der Waals surface area contributed by atoms with E-state index < -0.39 is 0 Å². The number of rotatable bonds is 7. The van der Waals surface area contributed by atoms with Crippen molar-refractivity contribution in [1.82, 2.24) is 14.9 Å². The maximum absolute atomic E-state index is 13.1. The van der Waals surface area contributed by atoms with Crippen LogP contribution in [0.25, 0.3) is 17.2 Å². The molecule has 0 N–H and O–H groups in total. The van der Waals surface area contributed by atoms with Gasteiger partial charge in [-0.3, -0.25) is 9.78 Å². The van der Waals surface area contributed by atoms with Gasteiger partial charge < -0.3 is 14.5 Å². The molecule has 2 aromatic rings. The van der Waals surface area contributed by atoms with Gasteiger partial charge in [0.1, 0.15) is 11.9 Å². The first-order valence-electron chi connectivity index (χ1n) is 12.8. The van der Waals surface area contributed by atoms with E-state index in [0.29, 0.717) is 36.9 Å². The number of anilines is 1. The van der Waals surface area contributed by atoms with E-state index >= 15 is 0 Å². The van der Waals surface area contributed by atoms with Crippen molar-refractivity contribution in [1.29, 1.82) is 5.26 Å². The molecule has 0 aromatic carbocycles. The number of hydrogen-bond acceptors (Lipinski definition) is 6. The lowest BCUT2D eigenvalue weighted by atomic mass is 9.96. The van der Waals surface area contributed by atoms with Gasteiger partial charge in [-0.05, 0) is 55.7 Å². The minimum absolute atomic E-state index is 0.0922. The van der Waals surface area contributed by atoms with E-state index in [0.717, 1.165) is 60.6 Å². The Morgan fingerprint density at radius 3 is 2.71 bits per heavy atom. The number of pyridine rings is 2. The molecular formula is C28H31N5O2. The Labute approximate surface area is 206 Å². The highest BCUT2D eigenvalue weighted by Gasteiger charge is 2.42. The molecule has 2 aliphatic heterocycles. The summed E-state index contributed by atoms with van der Waals surface area (Å²) in [5, 5.41) is 10.1. The van der Waals surface area contributed by atoms with E-state index in [9.17, 15) is 10.1 Å². The largest absolute Gasteiger partial charge is 0.377 e. The van der Waals surface area contributed by atoms with Gasteiger partial charge in [0.15, 0.2) is 0 Å². The molecule has 7 nitrogen and oxygen atoms in total. The number of aromatic nitrogens is 2. The third-order valence-corrected chi connectivity index (χ3v) is 7.88. The van der Waals surface area contributed by atoms with Crippen LogP contribution >= 0.6 is 0 Å². The van der Waals surface area contributed by atoms with Crippen molar-refractivity contribution in [2.75, 3.05) is 31.1 Å². The van der Waals surface area contributed by atoms with E-state index in [2.05, 4.69) is 27.4 Å². The highest BCUT2D eigenvalue weighted by molar-refractivity contribution is 5.80. The quantitative estimate of drug-likeness (QED) is 0.606. The van der Waals surface area contributed by atoms with Crippen molar-refractivity contribution in [3.63, 3.8) is 0 Å². The average Bonchev–Trinajstić information content (AvgIpc) is 3.78. The van der Waals surface area contributed by atoms with Crippen molar-refractivity contribution in [3.05, 3.63) is 47.9 Å². The smallest absolute Gasteiger partial charge is 0.225 e. The van der Waals surface area contributed by atoms with Crippen LogP contribution in [0.2, 0.25) is 0 Å². The van der Waals surface area contributed by atoms with Crippen molar-refractivity contribution in [2.24, 2.45) is 5.92 Å². The third-order valence-electron chi connectivity index (χ3n) is 7.88. The molecule has 0 spiro atoms. The van der Waals surface area contributed by atoms with Crippen LogP contribution in [-0.4, -0.2) is 59.2 Å². The van der Waals surface area contributed by atoms with Gasteiger partial charge in [0.25, 0.3) is 0 Å². The van der Waals surface area contributed by atoms with Gasteiger partial charge in [0.05, 0.1) is 29.8 Å². The van der Waals surface area contributed by atoms with Crippen molar-refractivity contribution in [2.45, 2.75) is 56.6 Å². The Morgan fingerprint density at radius 2 is 2.06 bits per heavy atom. The monoisotopic (exact) mass is 469 g/mol. The highest BCUT2D eigenvalue weighted by atomic mass is 16.5. The van der Waals surface area contributed by atoms with Crippen LogP contribution < -0.4 is 4.90 Å². The summed E-state index contributed by atoms with van der Waals surface area (Å²) in [4.78, 5) is 26.8. The molecule has 2 saturated heterocycles. The lowest BCUT2D eigenvalue weighted by Crippen LogP contribution is -2.57. The zero-order chi connectivity index (χ0) is 23.9. The Kier molecular flexibility index (Phi) is 5.77. The van der Waals surface area contributed by atoms with Gasteiger partial charge in [-0.15, -0.1) is 0 Å². The van der Waals surface area contributed by atoms with Crippen LogP contribution in [0.5, 0.6) is 0 Å². The summed E-state index contributed by atoms with van der Waals surface area (Å²) in [6.07, 6.45) is 11.5. The number of nitrogens with zero attached hydrogens (tertiary/aromatic N) is 5. The second kappa shape index (κ2) is 9.09. The molecule has 2 aromatic heterocycles. The summed E-state index contributed by atoms with van der Waals surface area (Å²) in [5.41, 5.74) is 4.64. The van der Waals surface area contributed by atoms with E-state index in [1.807, 2.05) is 24.4 Å². The van der Waals surface area contributed by atoms with Gasteiger partial charge in [0.2, 0.25) is 5.91 Å². The van der Waals surface area contributed by atoms with Gasteiger partial charge in [-0.1, -0.05) is 12.7 Å². The SMILES string of the molecule is C=Cc1cnccc1-c1cc(C#N)c(N2CCN(C(=O)C[C@H]3CCO3)[C@H](C3CC3)C2)nc1C1CC1. The van der Waals surface area contributed by atoms with Crippen LogP contribution in [0.3, 0.4) is 0 Å². The minimum Gasteiger partial charge on any atom is -0.377 e. The molecule has 4 heterocycles. The summed E-state index contributed by atoms with van der Waals surface area (Å²) in [5.74, 6) is 1.95. The molecule has 2 saturated carbocycles. The predicted octanol–water partition coefficient (Wildman–Crippen LogP) is 4.14. The number of hydrogen-bond donors (Lipinski definition) is 0. The molecule has 0 radical (unpaired) electrons. The topological polar surface area (TPSA) is 82.4 Å². The molecule has 180 valence electrons. The Morgan fingerprint density at radius 1 is 1.23 bits per heavy atom. The summed E-state index contributed by atoms with van der Waals surface area (Å²) < 4.78 is 5.52. The van der Waals surface area contributed by atoms with E-state index in [-0.39, 0.29) is 18.1 Å². The lowest BCUT2D eigenvalue weighted by molar-refractivity contribution is -0.142. The summed E-state index contributed by atoms with van der Waals surface area (Å²) >= 11 is 0. The zero-order valence-corrected chi connectivity index (χ0v) is 20.0. The molecule has 2 aliphatic carbocycles. The van der Waals surface area contributed by atoms with Gasteiger partial charge >= 0.3 is 0 Å². The van der Waals surface area contributed by atoms with E-state index in [4.69, 9.17) is 9.72 Å². The second-order valence-electron chi connectivity index (χ2n) is 10.3. The normalized spacial score (nSPS) is 24.0. The van der Waals surface area contributed by atoms with Crippen molar-refractivity contribution >= 4 is 17.8 Å². The Balaban J connectivity index is 1.32. The fourth-order valence-corrected chi connectivity index (χ4v) is 5.49. The Bertz CT molecular complexity index is 1190. The first-order valence-corrected chi connectivity index (χ1v) is 12.8. The molecule has 2 atom stereocenters. The number of carbonyl (C=O) groups excluding carboxylic acids is 1.